The lowest BCUT2D eigenvalue weighted by atomic mass is 9.99. The van der Waals surface area contributed by atoms with Crippen molar-refractivity contribution in [2.24, 2.45) is 0 Å². The third kappa shape index (κ3) is 7.76. The number of aliphatic hydroxyl groups is 4. The maximum absolute atomic E-state index is 9.84. The molecule has 0 spiro atoms. The van der Waals surface area contributed by atoms with Gasteiger partial charge in [-0.25, -0.2) is 0 Å². The molecule has 1 aliphatic heterocycles. The fraction of sp³-hybridized carbons (Fsp3) is 1.00. The zero-order valence-electron chi connectivity index (χ0n) is 15.0. The van der Waals surface area contributed by atoms with Gasteiger partial charge in [0.05, 0.1) is 6.61 Å². The molecule has 0 aromatic carbocycles. The van der Waals surface area contributed by atoms with Gasteiger partial charge in [0, 0.05) is 6.61 Å². The summed E-state index contributed by atoms with van der Waals surface area (Å²) in [4.78, 5) is 0. The van der Waals surface area contributed by atoms with Crippen LogP contribution in [0.4, 0.5) is 0 Å². The molecule has 24 heavy (non-hydrogen) atoms. The molecule has 0 saturated carbocycles. The summed E-state index contributed by atoms with van der Waals surface area (Å²) in [7, 11) is 0. The quantitative estimate of drug-likeness (QED) is 0.378. The highest BCUT2D eigenvalue weighted by atomic mass is 16.7. The second-order valence-electron chi connectivity index (χ2n) is 6.75. The van der Waals surface area contributed by atoms with Crippen LogP contribution in [0.15, 0.2) is 0 Å². The lowest BCUT2D eigenvalue weighted by molar-refractivity contribution is -0.301. The molecule has 6 heteroatoms. The number of rotatable bonds is 13. The summed E-state index contributed by atoms with van der Waals surface area (Å²) in [5.74, 6) is 0. The minimum Gasteiger partial charge on any atom is -0.394 e. The van der Waals surface area contributed by atoms with Crippen LogP contribution in [-0.2, 0) is 9.47 Å². The van der Waals surface area contributed by atoms with Crippen LogP contribution < -0.4 is 0 Å². The van der Waals surface area contributed by atoms with Gasteiger partial charge in [0.2, 0.25) is 0 Å². The summed E-state index contributed by atoms with van der Waals surface area (Å²) in [6.07, 6.45) is 6.37. The predicted molar refractivity (Wildman–Crippen MR) is 91.6 cm³/mol. The fourth-order valence-corrected chi connectivity index (χ4v) is 2.99. The summed E-state index contributed by atoms with van der Waals surface area (Å²) in [5, 5.41) is 38.3. The monoisotopic (exact) mass is 348 g/mol. The molecule has 1 rings (SSSR count). The van der Waals surface area contributed by atoms with Crippen LogP contribution in [0.1, 0.15) is 71.1 Å². The molecule has 6 nitrogen and oxygen atoms in total. The van der Waals surface area contributed by atoms with Gasteiger partial charge in [-0.2, -0.15) is 0 Å². The predicted octanol–water partition coefficient (Wildman–Crippen LogP) is 1.72. The molecule has 1 heterocycles. The number of hydrogen-bond donors (Lipinski definition) is 4. The second kappa shape index (κ2) is 13.0. The summed E-state index contributed by atoms with van der Waals surface area (Å²) in [5.41, 5.74) is 0. The first kappa shape index (κ1) is 21.8. The van der Waals surface area contributed by atoms with E-state index >= 15 is 0 Å². The number of ether oxygens (including phenoxy) is 2. The molecule has 0 radical (unpaired) electrons. The van der Waals surface area contributed by atoms with Gasteiger partial charge in [0.15, 0.2) is 6.29 Å². The van der Waals surface area contributed by atoms with Gasteiger partial charge in [0.25, 0.3) is 0 Å². The van der Waals surface area contributed by atoms with Crippen LogP contribution in [0.5, 0.6) is 0 Å². The van der Waals surface area contributed by atoms with Crippen LogP contribution in [0.2, 0.25) is 0 Å². The Morgan fingerprint density at radius 1 is 0.750 bits per heavy atom. The lowest BCUT2D eigenvalue weighted by Gasteiger charge is -2.39. The van der Waals surface area contributed by atoms with Crippen molar-refractivity contribution in [1.29, 1.82) is 0 Å². The maximum Gasteiger partial charge on any atom is 0.186 e. The Bertz CT molecular complexity index is 299. The summed E-state index contributed by atoms with van der Waals surface area (Å²) >= 11 is 0. The molecule has 0 aliphatic carbocycles. The van der Waals surface area contributed by atoms with Crippen molar-refractivity contribution in [3.8, 4) is 0 Å². The van der Waals surface area contributed by atoms with Crippen molar-refractivity contribution < 1.29 is 29.9 Å². The standard InChI is InChI=1S/C18H36O6/c1-2-3-4-5-6-7-8-9-10-11-12-23-18-17(22)16(21)15(20)14(13-19)24-18/h14-22H,2-13H2,1H3/t14-,15-,16+,17+,18+/m1/s1. The van der Waals surface area contributed by atoms with E-state index in [1.807, 2.05) is 0 Å². The van der Waals surface area contributed by atoms with E-state index in [1.54, 1.807) is 0 Å². The van der Waals surface area contributed by atoms with Crippen LogP contribution in [0.25, 0.3) is 0 Å². The highest BCUT2D eigenvalue weighted by molar-refractivity contribution is 4.88. The zero-order valence-corrected chi connectivity index (χ0v) is 15.0. The minimum atomic E-state index is -1.37. The first-order valence-corrected chi connectivity index (χ1v) is 9.54. The Morgan fingerprint density at radius 3 is 1.83 bits per heavy atom. The third-order valence-corrected chi connectivity index (χ3v) is 4.63. The third-order valence-electron chi connectivity index (χ3n) is 4.63. The van der Waals surface area contributed by atoms with Gasteiger partial charge in [0.1, 0.15) is 24.4 Å². The van der Waals surface area contributed by atoms with Crippen LogP contribution in [0, 0.1) is 0 Å². The number of aliphatic hydroxyl groups excluding tert-OH is 4. The van der Waals surface area contributed by atoms with Crippen LogP contribution >= 0.6 is 0 Å². The highest BCUT2D eigenvalue weighted by Gasteiger charge is 2.43. The van der Waals surface area contributed by atoms with Gasteiger partial charge in [-0.1, -0.05) is 64.7 Å². The van der Waals surface area contributed by atoms with E-state index in [-0.39, 0.29) is 0 Å². The first-order valence-electron chi connectivity index (χ1n) is 9.54. The van der Waals surface area contributed by atoms with E-state index in [1.165, 1.54) is 51.4 Å². The second-order valence-corrected chi connectivity index (χ2v) is 6.75. The molecule has 1 aliphatic rings. The molecule has 0 aromatic rings. The van der Waals surface area contributed by atoms with Crippen molar-refractivity contribution in [3.05, 3.63) is 0 Å². The van der Waals surface area contributed by atoms with E-state index < -0.39 is 37.3 Å². The van der Waals surface area contributed by atoms with Gasteiger partial charge in [-0.05, 0) is 6.42 Å². The zero-order chi connectivity index (χ0) is 17.8. The van der Waals surface area contributed by atoms with Gasteiger partial charge in [-0.3, -0.25) is 0 Å². The SMILES string of the molecule is CCCCCCCCCCCCO[C@H]1O[C@H](CO)[C@@H](O)[C@H](O)[C@@H]1O. The molecule has 5 atom stereocenters. The molecule has 0 aromatic heterocycles. The molecule has 4 N–H and O–H groups in total. The number of hydrogen-bond acceptors (Lipinski definition) is 6. The summed E-state index contributed by atoms with van der Waals surface area (Å²) in [6, 6.07) is 0. The average Bonchev–Trinajstić information content (AvgIpc) is 2.59. The Kier molecular flexibility index (Phi) is 11.8. The fourth-order valence-electron chi connectivity index (χ4n) is 2.99. The van der Waals surface area contributed by atoms with Crippen LogP contribution in [0.3, 0.4) is 0 Å². The van der Waals surface area contributed by atoms with Crippen LogP contribution in [-0.4, -0.2) is 64.3 Å². The van der Waals surface area contributed by atoms with Crippen molar-refractivity contribution in [1.82, 2.24) is 0 Å². The van der Waals surface area contributed by atoms with Gasteiger partial charge in [-0.15, -0.1) is 0 Å². The normalized spacial score (nSPS) is 30.6. The van der Waals surface area contributed by atoms with E-state index in [4.69, 9.17) is 14.6 Å². The highest BCUT2D eigenvalue weighted by Crippen LogP contribution is 2.22. The summed E-state index contributed by atoms with van der Waals surface area (Å²) in [6.45, 7) is 2.23. The van der Waals surface area contributed by atoms with Crippen molar-refractivity contribution in [2.75, 3.05) is 13.2 Å². The smallest absolute Gasteiger partial charge is 0.186 e. The lowest BCUT2D eigenvalue weighted by Crippen LogP contribution is -2.59. The molecule has 0 bridgehead atoms. The maximum atomic E-state index is 9.84. The van der Waals surface area contributed by atoms with Gasteiger partial charge >= 0.3 is 0 Å². The van der Waals surface area contributed by atoms with Crippen molar-refractivity contribution >= 4 is 0 Å². The van der Waals surface area contributed by atoms with Gasteiger partial charge < -0.3 is 29.9 Å². The van der Waals surface area contributed by atoms with E-state index in [2.05, 4.69) is 6.92 Å². The van der Waals surface area contributed by atoms with E-state index in [9.17, 15) is 15.3 Å². The van der Waals surface area contributed by atoms with E-state index in [0.29, 0.717) is 6.61 Å². The van der Waals surface area contributed by atoms with E-state index in [0.717, 1.165) is 12.8 Å². The number of unbranched alkanes of at least 4 members (excludes halogenated alkanes) is 9. The Balaban J connectivity index is 2.02. The molecular formula is C18H36O6. The topological polar surface area (TPSA) is 99.4 Å². The Morgan fingerprint density at radius 2 is 1.29 bits per heavy atom. The molecule has 1 fully saturated rings. The average molecular weight is 348 g/mol. The molecular weight excluding hydrogens is 312 g/mol. The minimum absolute atomic E-state index is 0.428. The molecule has 0 amide bonds. The molecule has 144 valence electrons. The molecule has 1 saturated heterocycles. The van der Waals surface area contributed by atoms with Crippen molar-refractivity contribution in [3.63, 3.8) is 0 Å². The van der Waals surface area contributed by atoms with Crippen molar-refractivity contribution in [2.45, 2.75) is 102 Å². The molecule has 0 unspecified atom stereocenters. The summed E-state index contributed by atoms with van der Waals surface area (Å²) < 4.78 is 10.8. The first-order chi connectivity index (χ1) is 11.6. The Labute approximate surface area is 145 Å². The largest absolute Gasteiger partial charge is 0.394 e. The Hall–Kier alpha value is -0.240.